The Kier molecular flexibility index (Phi) is 4.49. The third-order valence-corrected chi connectivity index (χ3v) is 2.91. The smallest absolute Gasteiger partial charge is 0.208 e. The molecule has 0 saturated heterocycles. The van der Waals surface area contributed by atoms with Crippen LogP contribution in [0.2, 0.25) is 0 Å². The molecule has 1 aromatic carbocycles. The van der Waals surface area contributed by atoms with Gasteiger partial charge < -0.3 is 9.73 Å². The molecule has 1 heterocycles. The van der Waals surface area contributed by atoms with Crippen molar-refractivity contribution < 1.29 is 13.2 Å². The quantitative estimate of drug-likeness (QED) is 0.908. The number of halogens is 2. The number of hydrogen-bond donors (Lipinski definition) is 1. The molecule has 0 atom stereocenters. The zero-order valence-corrected chi connectivity index (χ0v) is 11.8. The molecule has 3 nitrogen and oxygen atoms in total. The van der Waals surface area contributed by atoms with Crippen LogP contribution in [0.15, 0.2) is 22.7 Å². The molecule has 0 unspecified atom stereocenters. The van der Waals surface area contributed by atoms with Crippen molar-refractivity contribution in [1.82, 2.24) is 10.3 Å². The Morgan fingerprint density at radius 3 is 2.75 bits per heavy atom. The average Bonchev–Trinajstić information content (AvgIpc) is 2.83. The first-order chi connectivity index (χ1) is 9.49. The maximum absolute atomic E-state index is 14.0. The van der Waals surface area contributed by atoms with E-state index in [0.29, 0.717) is 23.9 Å². The fourth-order valence-electron chi connectivity index (χ4n) is 1.86. The van der Waals surface area contributed by atoms with E-state index in [4.69, 9.17) is 4.42 Å². The molecule has 0 aliphatic carbocycles. The van der Waals surface area contributed by atoms with Gasteiger partial charge in [-0.3, -0.25) is 0 Å². The minimum Gasteiger partial charge on any atom is -0.439 e. The van der Waals surface area contributed by atoms with E-state index in [0.717, 1.165) is 6.54 Å². The number of aromatic nitrogens is 1. The van der Waals surface area contributed by atoms with Crippen LogP contribution in [0.5, 0.6) is 0 Å². The van der Waals surface area contributed by atoms with Crippen LogP contribution in [-0.4, -0.2) is 11.5 Å². The first-order valence-corrected chi connectivity index (χ1v) is 6.59. The van der Waals surface area contributed by atoms with Gasteiger partial charge in [-0.05, 0) is 31.0 Å². The molecule has 2 aromatic rings. The lowest BCUT2D eigenvalue weighted by Crippen LogP contribution is -2.19. The molecule has 0 saturated carbocycles. The topological polar surface area (TPSA) is 38.1 Å². The second-order valence-corrected chi connectivity index (χ2v) is 5.20. The van der Waals surface area contributed by atoms with Crippen LogP contribution >= 0.6 is 0 Å². The highest BCUT2D eigenvalue weighted by molar-refractivity contribution is 5.59. The van der Waals surface area contributed by atoms with Gasteiger partial charge >= 0.3 is 0 Å². The molecule has 0 radical (unpaired) electrons. The van der Waals surface area contributed by atoms with Crippen molar-refractivity contribution in [3.05, 3.63) is 41.4 Å². The minimum atomic E-state index is -0.647. The Labute approximate surface area is 117 Å². The van der Waals surface area contributed by atoms with Crippen LogP contribution in [-0.2, 0) is 6.54 Å². The molecule has 0 bridgehead atoms. The first kappa shape index (κ1) is 14.7. The van der Waals surface area contributed by atoms with Gasteiger partial charge in [0.25, 0.3) is 0 Å². The predicted octanol–water partition coefficient (Wildman–Crippen LogP) is 3.67. The Morgan fingerprint density at radius 1 is 1.30 bits per heavy atom. The van der Waals surface area contributed by atoms with Crippen molar-refractivity contribution in [2.45, 2.75) is 27.3 Å². The van der Waals surface area contributed by atoms with E-state index in [-0.39, 0.29) is 11.3 Å². The number of rotatable bonds is 5. The van der Waals surface area contributed by atoms with Crippen LogP contribution in [0.4, 0.5) is 8.78 Å². The van der Waals surface area contributed by atoms with Crippen molar-refractivity contribution in [1.29, 1.82) is 0 Å². The summed E-state index contributed by atoms with van der Waals surface area (Å²) in [6.07, 6.45) is 1.35. The van der Waals surface area contributed by atoms with Gasteiger partial charge in [0.1, 0.15) is 11.6 Å². The standard InChI is InChI=1S/C15H18F2N2O/c1-9(2)6-18-8-13-19-7-12(20-13)14-11(16)5-4-10(3)15(14)17/h4-5,7,9,18H,6,8H2,1-3H3. The van der Waals surface area contributed by atoms with Gasteiger partial charge in [-0.2, -0.15) is 0 Å². The summed E-state index contributed by atoms with van der Waals surface area (Å²) in [6, 6.07) is 2.63. The average molecular weight is 280 g/mol. The lowest BCUT2D eigenvalue weighted by atomic mass is 10.1. The number of oxazole rings is 1. The SMILES string of the molecule is Cc1ccc(F)c(-c2cnc(CNCC(C)C)o2)c1F. The molecular formula is C15H18F2N2O. The molecule has 108 valence electrons. The van der Waals surface area contributed by atoms with Gasteiger partial charge in [0.2, 0.25) is 5.89 Å². The fraction of sp³-hybridized carbons (Fsp3) is 0.400. The molecule has 1 N–H and O–H groups in total. The predicted molar refractivity (Wildman–Crippen MR) is 73.1 cm³/mol. The Bertz CT molecular complexity index is 594. The Hall–Kier alpha value is -1.75. The third-order valence-electron chi connectivity index (χ3n) is 2.91. The molecule has 0 aliphatic heterocycles. The van der Waals surface area contributed by atoms with E-state index in [1.807, 2.05) is 0 Å². The number of hydrogen-bond acceptors (Lipinski definition) is 3. The Morgan fingerprint density at radius 2 is 2.05 bits per heavy atom. The number of benzene rings is 1. The van der Waals surface area contributed by atoms with Gasteiger partial charge in [0, 0.05) is 0 Å². The molecule has 5 heteroatoms. The molecule has 20 heavy (non-hydrogen) atoms. The maximum atomic E-state index is 14.0. The lowest BCUT2D eigenvalue weighted by molar-refractivity contribution is 0.455. The van der Waals surface area contributed by atoms with Crippen LogP contribution < -0.4 is 5.32 Å². The van der Waals surface area contributed by atoms with Crippen LogP contribution in [0, 0.1) is 24.5 Å². The highest BCUT2D eigenvalue weighted by Crippen LogP contribution is 2.28. The van der Waals surface area contributed by atoms with Gasteiger partial charge in [-0.15, -0.1) is 0 Å². The molecular weight excluding hydrogens is 262 g/mol. The van der Waals surface area contributed by atoms with Crippen LogP contribution in [0.3, 0.4) is 0 Å². The number of nitrogens with zero attached hydrogens (tertiary/aromatic N) is 1. The van der Waals surface area contributed by atoms with E-state index in [1.54, 1.807) is 6.92 Å². The molecule has 0 fully saturated rings. The summed E-state index contributed by atoms with van der Waals surface area (Å²) in [5.74, 6) is -0.212. The molecule has 0 amide bonds. The lowest BCUT2D eigenvalue weighted by Gasteiger charge is -2.05. The van der Waals surface area contributed by atoms with Crippen molar-refractivity contribution in [2.75, 3.05) is 6.54 Å². The van der Waals surface area contributed by atoms with Crippen molar-refractivity contribution >= 4 is 0 Å². The second kappa shape index (κ2) is 6.13. The summed E-state index contributed by atoms with van der Waals surface area (Å²) in [5, 5.41) is 3.16. The van der Waals surface area contributed by atoms with Gasteiger partial charge in [-0.25, -0.2) is 13.8 Å². The van der Waals surface area contributed by atoms with E-state index < -0.39 is 11.6 Å². The van der Waals surface area contributed by atoms with Gasteiger partial charge in [0.05, 0.1) is 18.3 Å². The minimum absolute atomic E-state index is 0.116. The van der Waals surface area contributed by atoms with E-state index in [9.17, 15) is 8.78 Å². The summed E-state index contributed by atoms with van der Waals surface area (Å²) in [6.45, 7) is 7.02. The third kappa shape index (κ3) is 3.22. The molecule has 1 aromatic heterocycles. The van der Waals surface area contributed by atoms with Crippen molar-refractivity contribution in [3.8, 4) is 11.3 Å². The van der Waals surface area contributed by atoms with Crippen LogP contribution in [0.25, 0.3) is 11.3 Å². The van der Waals surface area contributed by atoms with Crippen molar-refractivity contribution in [3.63, 3.8) is 0 Å². The highest BCUT2D eigenvalue weighted by Gasteiger charge is 2.17. The fourth-order valence-corrected chi connectivity index (χ4v) is 1.86. The van der Waals surface area contributed by atoms with E-state index in [2.05, 4.69) is 24.1 Å². The summed E-state index contributed by atoms with van der Waals surface area (Å²) in [7, 11) is 0. The zero-order chi connectivity index (χ0) is 14.7. The van der Waals surface area contributed by atoms with E-state index in [1.165, 1.54) is 18.3 Å². The van der Waals surface area contributed by atoms with Gasteiger partial charge in [0.15, 0.2) is 5.76 Å². The monoisotopic (exact) mass is 280 g/mol. The summed E-state index contributed by atoms with van der Waals surface area (Å²) < 4.78 is 33.1. The Balaban J connectivity index is 2.19. The zero-order valence-electron chi connectivity index (χ0n) is 11.8. The highest BCUT2D eigenvalue weighted by atomic mass is 19.1. The first-order valence-electron chi connectivity index (χ1n) is 6.59. The summed E-state index contributed by atoms with van der Waals surface area (Å²) in [4.78, 5) is 4.04. The molecule has 0 aliphatic rings. The number of aryl methyl sites for hydroxylation is 1. The van der Waals surface area contributed by atoms with Crippen molar-refractivity contribution in [2.24, 2.45) is 5.92 Å². The summed E-state index contributed by atoms with van der Waals surface area (Å²) >= 11 is 0. The second-order valence-electron chi connectivity index (χ2n) is 5.20. The summed E-state index contributed by atoms with van der Waals surface area (Å²) in [5.41, 5.74) is 0.213. The normalized spacial score (nSPS) is 11.3. The largest absolute Gasteiger partial charge is 0.439 e. The molecule has 0 spiro atoms. The maximum Gasteiger partial charge on any atom is 0.208 e. The van der Waals surface area contributed by atoms with Crippen LogP contribution in [0.1, 0.15) is 25.3 Å². The molecule has 2 rings (SSSR count). The van der Waals surface area contributed by atoms with Gasteiger partial charge in [-0.1, -0.05) is 19.9 Å². The number of nitrogens with one attached hydrogen (secondary N) is 1. The van der Waals surface area contributed by atoms with E-state index >= 15 is 0 Å².